The number of benzene rings is 3. The van der Waals surface area contributed by atoms with E-state index in [4.69, 9.17) is 4.74 Å². The van der Waals surface area contributed by atoms with Gasteiger partial charge in [-0.3, -0.25) is 9.59 Å². The number of hydrogen-bond donors (Lipinski definition) is 1. The van der Waals surface area contributed by atoms with E-state index < -0.39 is 35.8 Å². The molecule has 206 valence electrons. The zero-order valence-corrected chi connectivity index (χ0v) is 22.1. The van der Waals surface area contributed by atoms with Crippen molar-refractivity contribution in [3.8, 4) is 5.75 Å². The predicted molar refractivity (Wildman–Crippen MR) is 142 cm³/mol. The summed E-state index contributed by atoms with van der Waals surface area (Å²) in [5, 5.41) is 9.36. The third-order valence-electron chi connectivity index (χ3n) is 6.99. The van der Waals surface area contributed by atoms with E-state index in [1.54, 1.807) is 18.2 Å². The number of hydrogen-bond acceptors (Lipinski definition) is 3. The van der Waals surface area contributed by atoms with Crippen LogP contribution in [0, 0.1) is 0 Å². The van der Waals surface area contributed by atoms with Gasteiger partial charge in [-0.05, 0) is 78.8 Å². The molecule has 0 saturated carbocycles. The highest BCUT2D eigenvalue weighted by atomic mass is 19.4. The summed E-state index contributed by atoms with van der Waals surface area (Å²) in [6, 6.07) is 18.0. The molecule has 0 aliphatic carbocycles. The molecule has 0 aromatic heterocycles. The summed E-state index contributed by atoms with van der Waals surface area (Å²) in [4.78, 5) is 25.9. The van der Waals surface area contributed by atoms with Crippen molar-refractivity contribution in [3.05, 3.63) is 100 Å². The summed E-state index contributed by atoms with van der Waals surface area (Å²) in [5.41, 5.74) is 2.87. The highest BCUT2D eigenvalue weighted by Crippen LogP contribution is 2.36. The molecule has 3 aromatic rings. The van der Waals surface area contributed by atoms with Gasteiger partial charge in [0.2, 0.25) is 0 Å². The molecule has 1 aliphatic heterocycles. The monoisotopic (exact) mass is 539 g/mol. The first-order valence-corrected chi connectivity index (χ1v) is 13.0. The van der Waals surface area contributed by atoms with Crippen LogP contribution in [0.4, 0.5) is 13.2 Å². The molecule has 8 heteroatoms. The van der Waals surface area contributed by atoms with Crippen LogP contribution >= 0.6 is 0 Å². The molecule has 3 aromatic carbocycles. The van der Waals surface area contributed by atoms with Gasteiger partial charge in [0.25, 0.3) is 5.91 Å². The van der Waals surface area contributed by atoms with Gasteiger partial charge in [-0.2, -0.15) is 13.2 Å². The lowest BCUT2D eigenvalue weighted by Crippen LogP contribution is -2.39. The number of nitrogens with zero attached hydrogens (tertiary/aromatic N) is 1. The second-order valence-corrected chi connectivity index (χ2v) is 10.4. The van der Waals surface area contributed by atoms with Crippen molar-refractivity contribution in [1.82, 2.24) is 4.90 Å². The largest absolute Gasteiger partial charge is 0.487 e. The summed E-state index contributed by atoms with van der Waals surface area (Å²) in [5.74, 6) is -1.04. The maximum Gasteiger partial charge on any atom is 0.416 e. The minimum atomic E-state index is -4.48. The number of carbonyl (C=O) groups is 2. The number of ether oxygens (including phenoxy) is 1. The van der Waals surface area contributed by atoms with Gasteiger partial charge in [-0.15, -0.1) is 0 Å². The predicted octanol–water partition coefficient (Wildman–Crippen LogP) is 6.71. The van der Waals surface area contributed by atoms with Crippen molar-refractivity contribution in [2.45, 2.75) is 64.3 Å². The molecule has 1 aliphatic rings. The number of carbonyl (C=O) groups excluding carboxylic acids is 1. The standard InChI is InChI=1S/C31H32F3NO4/c1-3-4-21-5-7-22(8-6-21)18-30(2)16-15-24-17-25(11-14-27(24)39-30)29(38)35(20-28(36)37)19-23-9-12-26(13-10-23)31(32,33)34/h5-14,17H,3-4,15-16,18-20H2,1-2H3,(H,36,37)/t30-/m0/s1. The Bertz CT molecular complexity index is 1320. The fourth-order valence-electron chi connectivity index (χ4n) is 4.96. The van der Waals surface area contributed by atoms with Crippen LogP contribution in [0.5, 0.6) is 5.75 Å². The maximum absolute atomic E-state index is 13.3. The molecule has 0 saturated heterocycles. The number of aryl methyl sites for hydroxylation is 2. The molecule has 4 rings (SSSR count). The van der Waals surface area contributed by atoms with Crippen LogP contribution in [0.1, 0.15) is 64.9 Å². The first-order valence-electron chi connectivity index (χ1n) is 13.0. The van der Waals surface area contributed by atoms with Gasteiger partial charge < -0.3 is 14.7 Å². The highest BCUT2D eigenvalue weighted by Gasteiger charge is 2.33. The van der Waals surface area contributed by atoms with E-state index in [9.17, 15) is 27.9 Å². The van der Waals surface area contributed by atoms with Gasteiger partial charge in [-0.1, -0.05) is 49.7 Å². The van der Waals surface area contributed by atoms with E-state index in [0.29, 0.717) is 23.3 Å². The van der Waals surface area contributed by atoms with E-state index in [2.05, 4.69) is 38.1 Å². The molecule has 39 heavy (non-hydrogen) atoms. The Labute approximate surface area is 226 Å². The van der Waals surface area contributed by atoms with Gasteiger partial charge in [0, 0.05) is 18.5 Å². The van der Waals surface area contributed by atoms with Crippen molar-refractivity contribution < 1.29 is 32.6 Å². The molecular weight excluding hydrogens is 507 g/mol. The van der Waals surface area contributed by atoms with E-state index >= 15 is 0 Å². The Morgan fingerprint density at radius 2 is 1.62 bits per heavy atom. The number of carboxylic acids is 1. The molecule has 1 atom stereocenters. The molecule has 1 N–H and O–H groups in total. The van der Waals surface area contributed by atoms with Gasteiger partial charge in [0.15, 0.2) is 0 Å². The summed E-state index contributed by atoms with van der Waals surface area (Å²) in [6.45, 7) is 3.52. The van der Waals surface area contributed by atoms with Crippen molar-refractivity contribution in [2.24, 2.45) is 0 Å². The van der Waals surface area contributed by atoms with E-state index in [0.717, 1.165) is 48.3 Å². The number of halogens is 3. The van der Waals surface area contributed by atoms with E-state index in [-0.39, 0.29) is 6.54 Å². The van der Waals surface area contributed by atoms with Crippen LogP contribution in [-0.2, 0) is 36.8 Å². The first-order chi connectivity index (χ1) is 18.5. The van der Waals surface area contributed by atoms with E-state index in [1.165, 1.54) is 23.3 Å². The average Bonchev–Trinajstić information content (AvgIpc) is 2.88. The highest BCUT2D eigenvalue weighted by molar-refractivity contribution is 5.96. The lowest BCUT2D eigenvalue weighted by molar-refractivity contribution is -0.138. The zero-order valence-electron chi connectivity index (χ0n) is 22.1. The Kier molecular flexibility index (Phi) is 8.33. The number of amides is 1. The normalized spacial score (nSPS) is 16.7. The summed E-state index contributed by atoms with van der Waals surface area (Å²) < 4.78 is 45.0. The van der Waals surface area contributed by atoms with Crippen molar-refractivity contribution in [2.75, 3.05) is 6.54 Å². The summed E-state index contributed by atoms with van der Waals surface area (Å²) >= 11 is 0. The Morgan fingerprint density at radius 3 is 2.23 bits per heavy atom. The van der Waals surface area contributed by atoms with Gasteiger partial charge in [-0.25, -0.2) is 0 Å². The fraction of sp³-hybridized carbons (Fsp3) is 0.355. The maximum atomic E-state index is 13.3. The van der Waals surface area contributed by atoms with Crippen LogP contribution < -0.4 is 4.74 Å². The number of aliphatic carboxylic acids is 1. The molecular formula is C31H32F3NO4. The quantitative estimate of drug-likeness (QED) is 0.328. The summed E-state index contributed by atoms with van der Waals surface area (Å²) in [7, 11) is 0. The molecule has 1 amide bonds. The SMILES string of the molecule is CCCc1ccc(C[C@]2(C)CCc3cc(C(=O)N(CC(=O)O)Cc4ccc(C(F)(F)F)cc4)ccc3O2)cc1. The molecule has 1 heterocycles. The van der Waals surface area contributed by atoms with Crippen LogP contribution in [0.25, 0.3) is 0 Å². The molecule has 0 spiro atoms. The van der Waals surface area contributed by atoms with Gasteiger partial charge in [0.1, 0.15) is 17.9 Å². The summed E-state index contributed by atoms with van der Waals surface area (Å²) in [6.07, 6.45) is -0.132. The molecule has 0 unspecified atom stereocenters. The fourth-order valence-corrected chi connectivity index (χ4v) is 4.96. The topological polar surface area (TPSA) is 66.8 Å². The van der Waals surface area contributed by atoms with Crippen LogP contribution in [0.15, 0.2) is 66.7 Å². The second kappa shape index (κ2) is 11.5. The average molecular weight is 540 g/mol. The third kappa shape index (κ3) is 7.19. The van der Waals surface area contributed by atoms with Crippen LogP contribution in [-0.4, -0.2) is 34.0 Å². The van der Waals surface area contributed by atoms with Gasteiger partial charge >= 0.3 is 12.1 Å². The molecule has 5 nitrogen and oxygen atoms in total. The van der Waals surface area contributed by atoms with Crippen molar-refractivity contribution in [3.63, 3.8) is 0 Å². The Balaban J connectivity index is 1.47. The Morgan fingerprint density at radius 1 is 0.974 bits per heavy atom. The number of fused-ring (bicyclic) bond motifs is 1. The Hall–Kier alpha value is -3.81. The van der Waals surface area contributed by atoms with Crippen molar-refractivity contribution >= 4 is 11.9 Å². The lowest BCUT2D eigenvalue weighted by Gasteiger charge is -2.36. The van der Waals surface area contributed by atoms with Crippen LogP contribution in [0.3, 0.4) is 0 Å². The third-order valence-corrected chi connectivity index (χ3v) is 6.99. The number of alkyl halides is 3. The minimum absolute atomic E-state index is 0.133. The first kappa shape index (κ1) is 28.2. The number of carboxylic acid groups (broad SMARTS) is 1. The molecule has 0 fully saturated rings. The van der Waals surface area contributed by atoms with Crippen molar-refractivity contribution in [1.29, 1.82) is 0 Å². The zero-order chi connectivity index (χ0) is 28.2. The smallest absolute Gasteiger partial charge is 0.416 e. The molecule has 0 bridgehead atoms. The lowest BCUT2D eigenvalue weighted by atomic mass is 9.86. The van der Waals surface area contributed by atoms with Gasteiger partial charge in [0.05, 0.1) is 5.56 Å². The minimum Gasteiger partial charge on any atom is -0.487 e. The second-order valence-electron chi connectivity index (χ2n) is 10.4. The van der Waals surface area contributed by atoms with Crippen LogP contribution in [0.2, 0.25) is 0 Å². The number of rotatable bonds is 9. The molecule has 0 radical (unpaired) electrons. The van der Waals surface area contributed by atoms with E-state index in [1.807, 2.05) is 0 Å².